The summed E-state index contributed by atoms with van der Waals surface area (Å²) in [5.74, 6) is 1.49. The van der Waals surface area contributed by atoms with Crippen molar-refractivity contribution < 1.29 is 14.6 Å². The molecule has 0 aliphatic heterocycles. The van der Waals surface area contributed by atoms with Gasteiger partial charge in [0.15, 0.2) is 0 Å². The maximum absolute atomic E-state index is 10.5. The fraction of sp³-hybridized carbons (Fsp3) is 0.423. The Bertz CT molecular complexity index is 954. The summed E-state index contributed by atoms with van der Waals surface area (Å²) in [5.41, 5.74) is 4.14. The molecule has 0 radical (unpaired) electrons. The van der Waals surface area contributed by atoms with Crippen LogP contribution in [-0.2, 0) is 18.3 Å². The Morgan fingerprint density at radius 2 is 1.78 bits per heavy atom. The first-order valence-electron chi connectivity index (χ1n) is 11.4. The standard InChI is InChI=1S/C26H35N3O3/c1-5-16-29(17-22(30)19-31-6-2)18-24-25(21-10-8-7-9-11-21)27-28(4)26(24)32-23-14-12-20(3)13-15-23/h7-15,22,30H,5-6,16-19H2,1-4H3/t22-/m1/s1. The average Bonchev–Trinajstić information content (AvgIpc) is 3.09. The number of aliphatic hydroxyl groups excluding tert-OH is 1. The first-order chi connectivity index (χ1) is 15.5. The topological polar surface area (TPSA) is 59.8 Å². The van der Waals surface area contributed by atoms with Crippen LogP contribution in [0, 0.1) is 6.92 Å². The Kier molecular flexibility index (Phi) is 8.85. The molecule has 32 heavy (non-hydrogen) atoms. The lowest BCUT2D eigenvalue weighted by molar-refractivity contribution is 0.0195. The van der Waals surface area contributed by atoms with Crippen molar-refractivity contribution >= 4 is 0 Å². The zero-order chi connectivity index (χ0) is 22.9. The number of hydrogen-bond donors (Lipinski definition) is 1. The number of aromatic nitrogens is 2. The molecule has 6 nitrogen and oxygen atoms in total. The van der Waals surface area contributed by atoms with Crippen LogP contribution in [0.3, 0.4) is 0 Å². The third kappa shape index (κ3) is 6.42. The van der Waals surface area contributed by atoms with E-state index in [9.17, 15) is 5.11 Å². The van der Waals surface area contributed by atoms with Crippen LogP contribution < -0.4 is 4.74 Å². The predicted molar refractivity (Wildman–Crippen MR) is 128 cm³/mol. The summed E-state index contributed by atoms with van der Waals surface area (Å²) >= 11 is 0. The maximum Gasteiger partial charge on any atom is 0.222 e. The van der Waals surface area contributed by atoms with Gasteiger partial charge in [-0.3, -0.25) is 4.90 Å². The highest BCUT2D eigenvalue weighted by Gasteiger charge is 2.23. The Labute approximate surface area is 191 Å². The SMILES string of the molecule is CCCN(Cc1c(-c2ccccc2)nn(C)c1Oc1ccc(C)cc1)C[C@@H](O)COCC. The van der Waals surface area contributed by atoms with Crippen molar-refractivity contribution in [2.45, 2.75) is 39.8 Å². The fourth-order valence-electron chi connectivity index (χ4n) is 3.75. The Hall–Kier alpha value is -2.67. The van der Waals surface area contributed by atoms with Crippen LogP contribution in [0.25, 0.3) is 11.3 Å². The van der Waals surface area contributed by atoms with Crippen LogP contribution in [-0.4, -0.2) is 52.2 Å². The number of aliphatic hydroxyl groups is 1. The second-order valence-electron chi connectivity index (χ2n) is 8.09. The van der Waals surface area contributed by atoms with E-state index in [-0.39, 0.29) is 0 Å². The molecule has 2 aromatic carbocycles. The van der Waals surface area contributed by atoms with Gasteiger partial charge in [0.25, 0.3) is 0 Å². The molecule has 0 spiro atoms. The zero-order valence-corrected chi connectivity index (χ0v) is 19.6. The van der Waals surface area contributed by atoms with E-state index in [1.165, 1.54) is 5.56 Å². The summed E-state index contributed by atoms with van der Waals surface area (Å²) in [6.45, 7) is 9.08. The van der Waals surface area contributed by atoms with Crippen molar-refractivity contribution in [3.05, 3.63) is 65.7 Å². The highest BCUT2D eigenvalue weighted by atomic mass is 16.5. The summed E-state index contributed by atoms with van der Waals surface area (Å²) in [4.78, 5) is 2.25. The van der Waals surface area contributed by atoms with Gasteiger partial charge in [0.05, 0.1) is 18.3 Å². The van der Waals surface area contributed by atoms with E-state index in [2.05, 4.69) is 30.9 Å². The molecule has 0 saturated carbocycles. The van der Waals surface area contributed by atoms with Crippen LogP contribution in [0.15, 0.2) is 54.6 Å². The van der Waals surface area contributed by atoms with E-state index >= 15 is 0 Å². The van der Waals surface area contributed by atoms with Crippen molar-refractivity contribution in [3.8, 4) is 22.9 Å². The molecule has 0 aliphatic rings. The average molecular weight is 438 g/mol. The molecule has 0 bridgehead atoms. The van der Waals surface area contributed by atoms with Gasteiger partial charge in [0, 0.05) is 32.3 Å². The first kappa shape index (κ1) is 24.0. The molecular formula is C26H35N3O3. The third-order valence-electron chi connectivity index (χ3n) is 5.28. The normalized spacial score (nSPS) is 12.3. The first-order valence-corrected chi connectivity index (χ1v) is 11.4. The Balaban J connectivity index is 1.95. The fourth-order valence-corrected chi connectivity index (χ4v) is 3.75. The van der Waals surface area contributed by atoms with Crippen molar-refractivity contribution in [1.29, 1.82) is 0 Å². The number of benzene rings is 2. The highest BCUT2D eigenvalue weighted by Crippen LogP contribution is 2.34. The number of ether oxygens (including phenoxy) is 2. The molecular weight excluding hydrogens is 402 g/mol. The van der Waals surface area contributed by atoms with Crippen molar-refractivity contribution in [1.82, 2.24) is 14.7 Å². The van der Waals surface area contributed by atoms with Gasteiger partial charge in [0.1, 0.15) is 11.4 Å². The molecule has 0 unspecified atom stereocenters. The van der Waals surface area contributed by atoms with E-state index in [1.807, 2.05) is 56.4 Å². The maximum atomic E-state index is 10.5. The second-order valence-corrected chi connectivity index (χ2v) is 8.09. The predicted octanol–water partition coefficient (Wildman–Crippen LogP) is 4.80. The largest absolute Gasteiger partial charge is 0.439 e. The van der Waals surface area contributed by atoms with Gasteiger partial charge in [0.2, 0.25) is 5.88 Å². The molecule has 3 aromatic rings. The molecule has 1 heterocycles. The van der Waals surface area contributed by atoms with E-state index in [4.69, 9.17) is 14.6 Å². The lowest BCUT2D eigenvalue weighted by Gasteiger charge is -2.25. The smallest absolute Gasteiger partial charge is 0.222 e. The van der Waals surface area contributed by atoms with Gasteiger partial charge >= 0.3 is 0 Å². The minimum absolute atomic E-state index is 0.335. The van der Waals surface area contributed by atoms with Crippen LogP contribution >= 0.6 is 0 Å². The summed E-state index contributed by atoms with van der Waals surface area (Å²) in [6.07, 6.45) is 0.441. The number of nitrogens with zero attached hydrogens (tertiary/aromatic N) is 3. The van der Waals surface area contributed by atoms with Crippen LogP contribution in [0.1, 0.15) is 31.4 Å². The number of aryl methyl sites for hydroxylation is 2. The monoisotopic (exact) mass is 437 g/mol. The number of rotatable bonds is 12. The molecule has 0 aliphatic carbocycles. The summed E-state index contributed by atoms with van der Waals surface area (Å²) in [5, 5.41) is 15.3. The number of hydrogen-bond acceptors (Lipinski definition) is 5. The third-order valence-corrected chi connectivity index (χ3v) is 5.28. The van der Waals surface area contributed by atoms with Gasteiger partial charge < -0.3 is 14.6 Å². The van der Waals surface area contributed by atoms with E-state index in [0.29, 0.717) is 32.2 Å². The van der Waals surface area contributed by atoms with Gasteiger partial charge in [-0.25, -0.2) is 4.68 Å². The van der Waals surface area contributed by atoms with Gasteiger partial charge in [-0.05, 0) is 38.9 Å². The molecule has 6 heteroatoms. The molecule has 0 fully saturated rings. The van der Waals surface area contributed by atoms with E-state index in [1.54, 1.807) is 4.68 Å². The second kappa shape index (κ2) is 11.8. The van der Waals surface area contributed by atoms with Crippen LogP contribution in [0.2, 0.25) is 0 Å². The molecule has 1 N–H and O–H groups in total. The summed E-state index contributed by atoms with van der Waals surface area (Å²) in [6, 6.07) is 18.2. The lowest BCUT2D eigenvalue weighted by Crippen LogP contribution is -2.35. The van der Waals surface area contributed by atoms with Crippen LogP contribution in [0.4, 0.5) is 0 Å². The van der Waals surface area contributed by atoms with Gasteiger partial charge in [-0.15, -0.1) is 0 Å². The van der Waals surface area contributed by atoms with Gasteiger partial charge in [-0.1, -0.05) is 55.0 Å². The quantitative estimate of drug-likeness (QED) is 0.441. The Morgan fingerprint density at radius 3 is 2.44 bits per heavy atom. The molecule has 172 valence electrons. The zero-order valence-electron chi connectivity index (χ0n) is 19.6. The van der Waals surface area contributed by atoms with E-state index < -0.39 is 6.10 Å². The van der Waals surface area contributed by atoms with Crippen molar-refractivity contribution in [2.24, 2.45) is 7.05 Å². The minimum Gasteiger partial charge on any atom is -0.439 e. The lowest BCUT2D eigenvalue weighted by atomic mass is 10.1. The summed E-state index contributed by atoms with van der Waals surface area (Å²) in [7, 11) is 1.91. The van der Waals surface area contributed by atoms with Crippen LogP contribution in [0.5, 0.6) is 11.6 Å². The minimum atomic E-state index is -0.542. The highest BCUT2D eigenvalue weighted by molar-refractivity contribution is 5.65. The molecule has 0 saturated heterocycles. The molecule has 1 aromatic heterocycles. The Morgan fingerprint density at radius 1 is 1.06 bits per heavy atom. The molecule has 1 atom stereocenters. The van der Waals surface area contributed by atoms with E-state index in [0.717, 1.165) is 35.5 Å². The van der Waals surface area contributed by atoms with Gasteiger partial charge in [-0.2, -0.15) is 5.10 Å². The molecule has 3 rings (SSSR count). The summed E-state index contributed by atoms with van der Waals surface area (Å²) < 4.78 is 13.6. The molecule has 0 amide bonds. The van der Waals surface area contributed by atoms with Crippen molar-refractivity contribution in [3.63, 3.8) is 0 Å². The van der Waals surface area contributed by atoms with Crippen molar-refractivity contribution in [2.75, 3.05) is 26.3 Å².